The second-order valence-electron chi connectivity index (χ2n) is 6.61. The number of aliphatic carboxylic acids is 1. The monoisotopic (exact) mass is 284 g/mol. The number of hydrogen-bond acceptors (Lipinski definition) is 3. The molecule has 0 spiro atoms. The second-order valence-corrected chi connectivity index (χ2v) is 6.61. The minimum Gasteiger partial charge on any atom is -0.481 e. The topological polar surface area (TPSA) is 78.4 Å². The van der Waals surface area contributed by atoms with Crippen molar-refractivity contribution in [2.24, 2.45) is 11.8 Å². The molecule has 5 heteroatoms. The van der Waals surface area contributed by atoms with Crippen LogP contribution in [-0.2, 0) is 9.59 Å². The molecule has 3 N–H and O–H groups in total. The Labute approximate surface area is 121 Å². The van der Waals surface area contributed by atoms with Crippen molar-refractivity contribution in [3.05, 3.63) is 0 Å². The first-order valence-electron chi connectivity index (χ1n) is 7.54. The average molecular weight is 284 g/mol. The smallest absolute Gasteiger partial charge is 0.303 e. The maximum atomic E-state index is 12.1. The lowest BCUT2D eigenvalue weighted by Crippen LogP contribution is -2.45. The summed E-state index contributed by atoms with van der Waals surface area (Å²) < 4.78 is 0. The lowest BCUT2D eigenvalue weighted by Gasteiger charge is -2.30. The molecule has 0 aromatic heterocycles. The fourth-order valence-corrected chi connectivity index (χ4v) is 2.73. The number of carboxylic acid groups (broad SMARTS) is 1. The van der Waals surface area contributed by atoms with Gasteiger partial charge in [0, 0.05) is 18.4 Å². The van der Waals surface area contributed by atoms with Gasteiger partial charge in [-0.1, -0.05) is 6.92 Å². The molecular formula is C15H28N2O3. The van der Waals surface area contributed by atoms with Gasteiger partial charge in [-0.15, -0.1) is 0 Å². The van der Waals surface area contributed by atoms with E-state index in [4.69, 9.17) is 5.11 Å². The molecule has 0 aliphatic carbocycles. The maximum Gasteiger partial charge on any atom is 0.303 e. The van der Waals surface area contributed by atoms with Gasteiger partial charge >= 0.3 is 5.97 Å². The Morgan fingerprint density at radius 2 is 2.15 bits per heavy atom. The maximum absolute atomic E-state index is 12.1. The van der Waals surface area contributed by atoms with Gasteiger partial charge in [-0.3, -0.25) is 9.59 Å². The van der Waals surface area contributed by atoms with Gasteiger partial charge in [0.25, 0.3) is 0 Å². The number of carbonyl (C=O) groups excluding carboxylic acids is 1. The summed E-state index contributed by atoms with van der Waals surface area (Å²) in [6.07, 6.45) is 3.41. The van der Waals surface area contributed by atoms with Crippen LogP contribution in [0.5, 0.6) is 0 Å². The van der Waals surface area contributed by atoms with Crippen molar-refractivity contribution < 1.29 is 14.7 Å². The highest BCUT2D eigenvalue weighted by Crippen LogP contribution is 2.23. The summed E-state index contributed by atoms with van der Waals surface area (Å²) in [5, 5.41) is 15.0. The van der Waals surface area contributed by atoms with E-state index in [-0.39, 0.29) is 12.3 Å². The first-order chi connectivity index (χ1) is 9.30. The number of hydrogen-bond donors (Lipinski definition) is 3. The Bertz CT molecular complexity index is 336. The first kappa shape index (κ1) is 17.0. The molecule has 0 aromatic carbocycles. The van der Waals surface area contributed by atoms with Crippen LogP contribution in [0.25, 0.3) is 0 Å². The van der Waals surface area contributed by atoms with Gasteiger partial charge in [0.1, 0.15) is 0 Å². The molecule has 1 fully saturated rings. The van der Waals surface area contributed by atoms with Crippen molar-refractivity contribution in [1.29, 1.82) is 0 Å². The Morgan fingerprint density at radius 3 is 2.70 bits per heavy atom. The molecule has 116 valence electrons. The Kier molecular flexibility index (Phi) is 6.46. The summed E-state index contributed by atoms with van der Waals surface area (Å²) in [4.78, 5) is 22.7. The third kappa shape index (κ3) is 6.37. The van der Waals surface area contributed by atoms with Gasteiger partial charge in [0.05, 0.1) is 0 Å². The predicted molar refractivity (Wildman–Crippen MR) is 78.5 cm³/mol. The quantitative estimate of drug-likeness (QED) is 0.666. The van der Waals surface area contributed by atoms with E-state index in [2.05, 4.69) is 17.6 Å². The molecule has 0 aromatic rings. The first-order valence-corrected chi connectivity index (χ1v) is 7.54. The third-order valence-corrected chi connectivity index (χ3v) is 4.09. The van der Waals surface area contributed by atoms with Crippen molar-refractivity contribution in [2.75, 3.05) is 13.1 Å². The number of carbonyl (C=O) groups is 2. The lowest BCUT2D eigenvalue weighted by atomic mass is 9.85. The molecule has 1 heterocycles. The van der Waals surface area contributed by atoms with Crippen LogP contribution in [0.15, 0.2) is 0 Å². The lowest BCUT2D eigenvalue weighted by molar-refractivity contribution is -0.138. The van der Waals surface area contributed by atoms with Crippen molar-refractivity contribution in [3.63, 3.8) is 0 Å². The minimum absolute atomic E-state index is 0.0264. The fraction of sp³-hybridized carbons (Fsp3) is 0.867. The van der Waals surface area contributed by atoms with Gasteiger partial charge < -0.3 is 15.7 Å². The van der Waals surface area contributed by atoms with Crippen LogP contribution in [-0.4, -0.2) is 35.6 Å². The zero-order chi connectivity index (χ0) is 15.2. The molecule has 2 unspecified atom stereocenters. The van der Waals surface area contributed by atoms with E-state index in [1.54, 1.807) is 0 Å². The van der Waals surface area contributed by atoms with Crippen LogP contribution in [0.3, 0.4) is 0 Å². The molecule has 1 saturated heterocycles. The molecule has 5 nitrogen and oxygen atoms in total. The van der Waals surface area contributed by atoms with Crippen LogP contribution in [0.2, 0.25) is 0 Å². The molecule has 2 atom stereocenters. The largest absolute Gasteiger partial charge is 0.481 e. The predicted octanol–water partition coefficient (Wildman–Crippen LogP) is 1.77. The van der Waals surface area contributed by atoms with Gasteiger partial charge in [-0.25, -0.2) is 0 Å². The molecule has 1 amide bonds. The summed E-state index contributed by atoms with van der Waals surface area (Å²) in [5.74, 6) is 0.127. The summed E-state index contributed by atoms with van der Waals surface area (Å²) in [6.45, 7) is 7.96. The van der Waals surface area contributed by atoms with Crippen LogP contribution in [0, 0.1) is 11.8 Å². The van der Waals surface area contributed by atoms with E-state index in [9.17, 15) is 9.59 Å². The van der Waals surface area contributed by atoms with E-state index in [1.165, 1.54) is 12.8 Å². The number of rotatable bonds is 7. The zero-order valence-corrected chi connectivity index (χ0v) is 12.9. The summed E-state index contributed by atoms with van der Waals surface area (Å²) in [7, 11) is 0. The minimum atomic E-state index is -0.825. The van der Waals surface area contributed by atoms with Crippen LogP contribution in [0.4, 0.5) is 0 Å². The molecule has 0 radical (unpaired) electrons. The van der Waals surface area contributed by atoms with Crippen LogP contribution >= 0.6 is 0 Å². The van der Waals surface area contributed by atoms with E-state index in [1.807, 2.05) is 13.8 Å². The Morgan fingerprint density at radius 1 is 1.45 bits per heavy atom. The molecule has 1 aliphatic heterocycles. The Balaban J connectivity index is 2.35. The van der Waals surface area contributed by atoms with Crippen LogP contribution in [0.1, 0.15) is 52.9 Å². The number of nitrogens with one attached hydrogen (secondary N) is 2. The van der Waals surface area contributed by atoms with Gasteiger partial charge in [0.15, 0.2) is 0 Å². The summed E-state index contributed by atoms with van der Waals surface area (Å²) in [5.41, 5.74) is -0.458. The molecule has 0 saturated carbocycles. The molecule has 1 aliphatic rings. The average Bonchev–Trinajstić information content (AvgIpc) is 2.37. The van der Waals surface area contributed by atoms with E-state index >= 15 is 0 Å². The molecular weight excluding hydrogens is 256 g/mol. The van der Waals surface area contributed by atoms with Gasteiger partial charge in [0.2, 0.25) is 5.91 Å². The number of amides is 1. The summed E-state index contributed by atoms with van der Waals surface area (Å²) >= 11 is 0. The van der Waals surface area contributed by atoms with Crippen molar-refractivity contribution >= 4 is 11.9 Å². The zero-order valence-electron chi connectivity index (χ0n) is 12.9. The van der Waals surface area contributed by atoms with Crippen LogP contribution < -0.4 is 10.6 Å². The third-order valence-electron chi connectivity index (χ3n) is 4.09. The van der Waals surface area contributed by atoms with Crippen molar-refractivity contribution in [2.45, 2.75) is 58.4 Å². The highest BCUT2D eigenvalue weighted by molar-refractivity contribution is 5.77. The molecule has 0 bridgehead atoms. The van der Waals surface area contributed by atoms with Crippen molar-refractivity contribution in [1.82, 2.24) is 10.6 Å². The highest BCUT2D eigenvalue weighted by Gasteiger charge is 2.25. The standard InChI is InChI=1S/C15H28N2O3/c1-11(12-5-4-8-16-10-12)9-13(18)17-15(2,3)7-6-14(19)20/h11-12,16H,4-10H2,1-3H3,(H,17,18)(H,19,20). The number of piperidine rings is 1. The van der Waals surface area contributed by atoms with E-state index in [0.29, 0.717) is 24.7 Å². The molecule has 1 rings (SSSR count). The van der Waals surface area contributed by atoms with Gasteiger partial charge in [-0.2, -0.15) is 0 Å². The highest BCUT2D eigenvalue weighted by atomic mass is 16.4. The SMILES string of the molecule is CC(CC(=O)NC(C)(C)CCC(=O)O)C1CCCNC1. The normalized spacial score (nSPS) is 21.2. The van der Waals surface area contributed by atoms with Crippen molar-refractivity contribution in [3.8, 4) is 0 Å². The van der Waals surface area contributed by atoms with Gasteiger partial charge in [-0.05, 0) is 58.0 Å². The number of carboxylic acids is 1. The van der Waals surface area contributed by atoms with E-state index < -0.39 is 11.5 Å². The second kappa shape index (κ2) is 7.62. The Hall–Kier alpha value is -1.10. The summed E-state index contributed by atoms with van der Waals surface area (Å²) in [6, 6.07) is 0. The van der Waals surface area contributed by atoms with E-state index in [0.717, 1.165) is 13.1 Å². The molecule has 20 heavy (non-hydrogen) atoms. The fourth-order valence-electron chi connectivity index (χ4n) is 2.73.